The molecule has 0 fully saturated rings. The first-order valence-corrected chi connectivity index (χ1v) is 6.37. The summed E-state index contributed by atoms with van der Waals surface area (Å²) in [7, 11) is 2.21. The van der Waals surface area contributed by atoms with E-state index in [1.807, 2.05) is 11.8 Å². The molecule has 1 unspecified atom stereocenters. The highest BCUT2D eigenvalue weighted by atomic mass is 32.2. The lowest BCUT2D eigenvalue weighted by Gasteiger charge is -2.15. The van der Waals surface area contributed by atoms with E-state index in [0.717, 1.165) is 6.54 Å². The highest BCUT2D eigenvalue weighted by molar-refractivity contribution is 8.13. The molecular formula is C12H15N2S+. The molecule has 2 nitrogen and oxygen atoms in total. The third-order valence-corrected chi connectivity index (χ3v) is 4.40. The van der Waals surface area contributed by atoms with E-state index in [2.05, 4.69) is 46.9 Å². The van der Waals surface area contributed by atoms with Crippen LogP contribution in [-0.4, -0.2) is 40.5 Å². The SMILES string of the molecule is CN1C2=[N+](CCS2)CC1c1ccccc1. The van der Waals surface area contributed by atoms with Gasteiger partial charge in [-0.25, -0.2) is 4.90 Å². The van der Waals surface area contributed by atoms with Crippen molar-refractivity contribution >= 4 is 16.9 Å². The first-order chi connectivity index (χ1) is 7.36. The Labute approximate surface area is 94.6 Å². The summed E-state index contributed by atoms with van der Waals surface area (Å²) in [5.74, 6) is 1.25. The summed E-state index contributed by atoms with van der Waals surface area (Å²) >= 11 is 1.99. The lowest BCUT2D eigenvalue weighted by atomic mass is 10.1. The van der Waals surface area contributed by atoms with Gasteiger partial charge in [0.25, 0.3) is 0 Å². The minimum atomic E-state index is 0.550. The van der Waals surface area contributed by atoms with Gasteiger partial charge in [0, 0.05) is 11.3 Å². The Kier molecular flexibility index (Phi) is 2.20. The van der Waals surface area contributed by atoms with Crippen LogP contribution < -0.4 is 0 Å². The molecule has 1 atom stereocenters. The monoisotopic (exact) mass is 219 g/mol. The van der Waals surface area contributed by atoms with Crippen LogP contribution in [0.25, 0.3) is 0 Å². The van der Waals surface area contributed by atoms with Crippen molar-refractivity contribution in [1.82, 2.24) is 4.90 Å². The fraction of sp³-hybridized carbons (Fsp3) is 0.417. The van der Waals surface area contributed by atoms with Crippen LogP contribution in [0.4, 0.5) is 0 Å². The van der Waals surface area contributed by atoms with Gasteiger partial charge >= 0.3 is 5.17 Å². The number of benzene rings is 1. The Hall–Kier alpha value is -0.960. The molecular weight excluding hydrogens is 204 g/mol. The summed E-state index contributed by atoms with van der Waals surface area (Å²) in [6, 6.07) is 11.4. The zero-order chi connectivity index (χ0) is 10.3. The van der Waals surface area contributed by atoms with E-state index in [-0.39, 0.29) is 0 Å². The van der Waals surface area contributed by atoms with Crippen molar-refractivity contribution in [2.45, 2.75) is 6.04 Å². The molecule has 2 aliphatic heterocycles. The summed E-state index contributed by atoms with van der Waals surface area (Å²) in [6.07, 6.45) is 0. The highest BCUT2D eigenvalue weighted by Gasteiger charge is 2.40. The van der Waals surface area contributed by atoms with Gasteiger partial charge in [0.2, 0.25) is 0 Å². The summed E-state index contributed by atoms with van der Waals surface area (Å²) in [5.41, 5.74) is 1.43. The van der Waals surface area contributed by atoms with Gasteiger partial charge in [-0.2, -0.15) is 0 Å². The maximum absolute atomic E-state index is 2.50. The third-order valence-electron chi connectivity index (χ3n) is 3.21. The third kappa shape index (κ3) is 1.46. The largest absolute Gasteiger partial charge is 0.309 e. The molecule has 0 saturated heterocycles. The minimum absolute atomic E-state index is 0.550. The van der Waals surface area contributed by atoms with Crippen LogP contribution >= 0.6 is 11.8 Å². The molecule has 3 rings (SSSR count). The number of thioether (sulfide) groups is 1. The molecule has 0 bridgehead atoms. The molecule has 78 valence electrons. The summed E-state index contributed by atoms with van der Waals surface area (Å²) in [5, 5.41) is 1.46. The van der Waals surface area contributed by atoms with Crippen molar-refractivity contribution < 1.29 is 4.58 Å². The maximum atomic E-state index is 2.50. The van der Waals surface area contributed by atoms with Crippen molar-refractivity contribution in [1.29, 1.82) is 0 Å². The zero-order valence-corrected chi connectivity index (χ0v) is 9.70. The molecule has 15 heavy (non-hydrogen) atoms. The van der Waals surface area contributed by atoms with E-state index in [9.17, 15) is 0 Å². The number of hydrogen-bond donors (Lipinski definition) is 0. The van der Waals surface area contributed by atoms with Gasteiger partial charge < -0.3 is 0 Å². The second kappa shape index (κ2) is 3.56. The van der Waals surface area contributed by atoms with Gasteiger partial charge in [0.1, 0.15) is 6.54 Å². The molecule has 3 heteroatoms. The molecule has 1 aromatic rings. The Bertz CT molecular complexity index is 399. The van der Waals surface area contributed by atoms with E-state index < -0.39 is 0 Å². The van der Waals surface area contributed by atoms with Gasteiger partial charge in [-0.05, 0) is 11.8 Å². The molecule has 2 aliphatic rings. The fourth-order valence-electron chi connectivity index (χ4n) is 2.40. The highest BCUT2D eigenvalue weighted by Crippen LogP contribution is 2.31. The average Bonchev–Trinajstić information content (AvgIpc) is 2.83. The number of rotatable bonds is 1. The van der Waals surface area contributed by atoms with Crippen molar-refractivity contribution in [3.8, 4) is 0 Å². The second-order valence-electron chi connectivity index (χ2n) is 4.11. The molecule has 0 saturated carbocycles. The van der Waals surface area contributed by atoms with E-state index in [1.165, 1.54) is 23.0 Å². The van der Waals surface area contributed by atoms with Crippen LogP contribution in [0.15, 0.2) is 30.3 Å². The van der Waals surface area contributed by atoms with Crippen LogP contribution in [0.1, 0.15) is 11.6 Å². The molecule has 2 heterocycles. The lowest BCUT2D eigenvalue weighted by molar-refractivity contribution is -0.511. The molecule has 0 aromatic heterocycles. The fourth-order valence-corrected chi connectivity index (χ4v) is 3.57. The van der Waals surface area contributed by atoms with Crippen molar-refractivity contribution in [2.24, 2.45) is 0 Å². The quantitative estimate of drug-likeness (QED) is 0.664. The Morgan fingerprint density at radius 2 is 2.13 bits per heavy atom. The number of nitrogens with zero attached hydrogens (tertiary/aromatic N) is 2. The summed E-state index contributed by atoms with van der Waals surface area (Å²) < 4.78 is 2.50. The van der Waals surface area contributed by atoms with Crippen molar-refractivity contribution in [2.75, 3.05) is 25.9 Å². The van der Waals surface area contributed by atoms with Crippen LogP contribution in [0.3, 0.4) is 0 Å². The van der Waals surface area contributed by atoms with Gasteiger partial charge in [0.15, 0.2) is 6.04 Å². The standard InChI is InChI=1S/C12H15N2S/c1-13-11(10-5-3-2-4-6-10)9-14-7-8-15-12(13)14/h2-6,11H,7-9H2,1H3/q+1. The predicted molar refractivity (Wildman–Crippen MR) is 64.4 cm³/mol. The Morgan fingerprint density at radius 1 is 1.33 bits per heavy atom. The van der Waals surface area contributed by atoms with E-state index in [1.54, 1.807) is 0 Å². The topological polar surface area (TPSA) is 6.25 Å². The zero-order valence-electron chi connectivity index (χ0n) is 8.89. The van der Waals surface area contributed by atoms with Crippen LogP contribution in [0.5, 0.6) is 0 Å². The second-order valence-corrected chi connectivity index (χ2v) is 5.18. The number of likely N-dealkylation sites (N-methyl/N-ethyl adjacent to an activating group) is 1. The molecule has 0 amide bonds. The van der Waals surface area contributed by atoms with E-state index in [0.29, 0.717) is 6.04 Å². The molecule has 0 spiro atoms. The van der Waals surface area contributed by atoms with E-state index in [4.69, 9.17) is 0 Å². The lowest BCUT2D eigenvalue weighted by Crippen LogP contribution is -2.24. The smallest absolute Gasteiger partial charge is 0.251 e. The van der Waals surface area contributed by atoms with Gasteiger partial charge in [-0.1, -0.05) is 30.3 Å². The molecule has 0 radical (unpaired) electrons. The normalized spacial score (nSPS) is 24.9. The Morgan fingerprint density at radius 3 is 2.87 bits per heavy atom. The molecule has 0 aliphatic carbocycles. The number of hydrogen-bond acceptors (Lipinski definition) is 2. The first-order valence-electron chi connectivity index (χ1n) is 5.39. The van der Waals surface area contributed by atoms with Gasteiger partial charge in [-0.15, -0.1) is 0 Å². The first kappa shape index (κ1) is 9.28. The minimum Gasteiger partial charge on any atom is -0.251 e. The van der Waals surface area contributed by atoms with Crippen molar-refractivity contribution in [3.05, 3.63) is 35.9 Å². The van der Waals surface area contributed by atoms with Crippen LogP contribution in [-0.2, 0) is 0 Å². The maximum Gasteiger partial charge on any atom is 0.309 e. The summed E-state index contributed by atoms with van der Waals surface area (Å²) in [4.78, 5) is 2.42. The Balaban J connectivity index is 1.88. The average molecular weight is 219 g/mol. The molecule has 1 aromatic carbocycles. The van der Waals surface area contributed by atoms with Gasteiger partial charge in [-0.3, -0.25) is 4.58 Å². The van der Waals surface area contributed by atoms with Gasteiger partial charge in [0.05, 0.1) is 13.6 Å². The summed E-state index contributed by atoms with van der Waals surface area (Å²) in [6.45, 7) is 2.37. The van der Waals surface area contributed by atoms with Crippen molar-refractivity contribution in [3.63, 3.8) is 0 Å². The van der Waals surface area contributed by atoms with Crippen LogP contribution in [0, 0.1) is 0 Å². The van der Waals surface area contributed by atoms with E-state index >= 15 is 0 Å². The predicted octanol–water partition coefficient (Wildman–Crippen LogP) is 1.79. The molecule has 0 N–H and O–H groups in total. The number of amidine groups is 1. The van der Waals surface area contributed by atoms with Crippen LogP contribution in [0.2, 0.25) is 0 Å².